The number of aromatic nitrogens is 3. The van der Waals surface area contributed by atoms with Gasteiger partial charge in [0.1, 0.15) is 11.7 Å². The molecule has 0 amide bonds. The van der Waals surface area contributed by atoms with Gasteiger partial charge in [-0.25, -0.2) is 4.68 Å². The average molecular weight is 216 g/mol. The van der Waals surface area contributed by atoms with Crippen LogP contribution >= 0.6 is 0 Å². The van der Waals surface area contributed by atoms with E-state index in [1.165, 1.54) is 0 Å². The van der Waals surface area contributed by atoms with Crippen LogP contribution in [-0.4, -0.2) is 33.0 Å². The summed E-state index contributed by atoms with van der Waals surface area (Å²) >= 11 is 0. The van der Waals surface area contributed by atoms with E-state index < -0.39 is 0 Å². The van der Waals surface area contributed by atoms with Gasteiger partial charge in [0.05, 0.1) is 5.52 Å². The summed E-state index contributed by atoms with van der Waals surface area (Å²) in [6.07, 6.45) is 0.426. The molecule has 1 aromatic heterocycles. The maximum Gasteiger partial charge on any atom is 0.119 e. The van der Waals surface area contributed by atoms with E-state index in [-0.39, 0.29) is 0 Å². The van der Waals surface area contributed by atoms with Crippen LogP contribution in [0.1, 0.15) is 20.0 Å². The highest BCUT2D eigenvalue weighted by atomic mass is 15.6. The summed E-state index contributed by atoms with van der Waals surface area (Å²) in [5.74, 6) is 0.708. The van der Waals surface area contributed by atoms with Crippen molar-refractivity contribution in [3.05, 3.63) is 24.3 Å². The van der Waals surface area contributed by atoms with Gasteiger partial charge >= 0.3 is 0 Å². The highest BCUT2D eigenvalue weighted by Gasteiger charge is 2.37. The van der Waals surface area contributed by atoms with Gasteiger partial charge in [-0.3, -0.25) is 4.90 Å². The van der Waals surface area contributed by atoms with E-state index in [1.54, 1.807) is 0 Å². The van der Waals surface area contributed by atoms with Crippen molar-refractivity contribution in [1.29, 1.82) is 0 Å². The van der Waals surface area contributed by atoms with Crippen molar-refractivity contribution >= 4 is 11.0 Å². The Morgan fingerprint density at radius 2 is 2.19 bits per heavy atom. The molecule has 84 valence electrons. The summed E-state index contributed by atoms with van der Waals surface area (Å²) in [5.41, 5.74) is 2.12. The third kappa shape index (κ3) is 1.59. The smallest absolute Gasteiger partial charge is 0.119 e. The van der Waals surface area contributed by atoms with Crippen LogP contribution in [0.15, 0.2) is 24.3 Å². The Morgan fingerprint density at radius 1 is 1.38 bits per heavy atom. The predicted molar refractivity (Wildman–Crippen MR) is 63.0 cm³/mol. The first-order valence-corrected chi connectivity index (χ1v) is 5.79. The Morgan fingerprint density at radius 3 is 3.00 bits per heavy atom. The largest absolute Gasteiger partial charge is 0.277 e. The summed E-state index contributed by atoms with van der Waals surface area (Å²) in [7, 11) is 0. The second kappa shape index (κ2) is 3.56. The maximum atomic E-state index is 4.24. The number of hydrogen-bond donors (Lipinski definition) is 0. The lowest BCUT2D eigenvalue weighted by Crippen LogP contribution is -2.10. The van der Waals surface area contributed by atoms with Crippen LogP contribution in [0, 0.1) is 5.92 Å². The topological polar surface area (TPSA) is 33.7 Å². The molecule has 1 aliphatic heterocycles. The number of para-hydroxylation sites is 1. The Balaban J connectivity index is 1.86. The quantitative estimate of drug-likeness (QED) is 0.735. The minimum Gasteiger partial charge on any atom is -0.277 e. The molecule has 16 heavy (non-hydrogen) atoms. The van der Waals surface area contributed by atoms with Crippen LogP contribution in [0.25, 0.3) is 11.0 Å². The molecular formula is C12H16N4. The Labute approximate surface area is 94.9 Å². The molecule has 2 unspecified atom stereocenters. The second-order valence-electron chi connectivity index (χ2n) is 4.85. The van der Waals surface area contributed by atoms with Crippen LogP contribution in [0.3, 0.4) is 0 Å². The highest BCUT2D eigenvalue weighted by Crippen LogP contribution is 2.31. The number of nitrogens with zero attached hydrogens (tertiary/aromatic N) is 4. The normalized spacial score (nSPS) is 24.2. The van der Waals surface area contributed by atoms with E-state index in [0.29, 0.717) is 12.1 Å². The molecule has 0 saturated carbocycles. The van der Waals surface area contributed by atoms with Gasteiger partial charge in [0, 0.05) is 13.1 Å². The lowest BCUT2D eigenvalue weighted by Gasteiger charge is -2.06. The first kappa shape index (κ1) is 9.78. The van der Waals surface area contributed by atoms with Crippen molar-refractivity contribution in [3.63, 3.8) is 0 Å². The van der Waals surface area contributed by atoms with Crippen molar-refractivity contribution < 1.29 is 0 Å². The minimum atomic E-state index is 0.426. The molecule has 0 aliphatic carbocycles. The van der Waals surface area contributed by atoms with Gasteiger partial charge in [0.25, 0.3) is 0 Å². The van der Waals surface area contributed by atoms with Gasteiger partial charge in [-0.05, 0) is 18.1 Å². The monoisotopic (exact) mass is 216 g/mol. The zero-order valence-corrected chi connectivity index (χ0v) is 9.67. The molecule has 0 N–H and O–H groups in total. The molecule has 0 radical (unpaired) electrons. The van der Waals surface area contributed by atoms with Crippen LogP contribution in [0.2, 0.25) is 0 Å². The third-order valence-corrected chi connectivity index (χ3v) is 2.95. The van der Waals surface area contributed by atoms with Crippen LogP contribution in [-0.2, 0) is 0 Å². The van der Waals surface area contributed by atoms with E-state index in [9.17, 15) is 0 Å². The summed E-state index contributed by atoms with van der Waals surface area (Å²) in [6, 6.07) is 8.13. The van der Waals surface area contributed by atoms with E-state index >= 15 is 0 Å². The molecule has 0 bridgehead atoms. The van der Waals surface area contributed by atoms with Gasteiger partial charge in [-0.15, -0.1) is 5.10 Å². The number of rotatable bonds is 3. The fourth-order valence-electron chi connectivity index (χ4n) is 2.17. The molecule has 1 fully saturated rings. The summed E-state index contributed by atoms with van der Waals surface area (Å²) < 4.78 is 2.04. The second-order valence-corrected chi connectivity index (χ2v) is 4.85. The van der Waals surface area contributed by atoms with Gasteiger partial charge in [0.2, 0.25) is 0 Å². The van der Waals surface area contributed by atoms with Crippen LogP contribution in [0.4, 0.5) is 0 Å². The zero-order chi connectivity index (χ0) is 11.1. The first-order chi connectivity index (χ1) is 7.75. The van der Waals surface area contributed by atoms with Crippen molar-refractivity contribution in [2.24, 2.45) is 5.92 Å². The van der Waals surface area contributed by atoms with Crippen molar-refractivity contribution in [1.82, 2.24) is 19.9 Å². The Bertz CT molecular complexity index is 502. The summed E-state index contributed by atoms with van der Waals surface area (Å²) in [4.78, 5) is 2.42. The number of hydrogen-bond acceptors (Lipinski definition) is 3. The van der Waals surface area contributed by atoms with Gasteiger partial charge in [-0.2, -0.15) is 0 Å². The third-order valence-electron chi connectivity index (χ3n) is 2.95. The van der Waals surface area contributed by atoms with E-state index in [1.807, 2.05) is 22.9 Å². The highest BCUT2D eigenvalue weighted by molar-refractivity contribution is 5.74. The maximum absolute atomic E-state index is 4.24. The molecule has 0 spiro atoms. The van der Waals surface area contributed by atoms with Crippen LogP contribution < -0.4 is 0 Å². The summed E-state index contributed by atoms with van der Waals surface area (Å²) in [6.45, 7) is 6.73. The molecule has 1 aromatic carbocycles. The lowest BCUT2D eigenvalue weighted by molar-refractivity contribution is 0.381. The standard InChI is InChI=1S/C12H16N4/c1-9(2)7-15-8-12(15)16-11-6-4-3-5-10(11)13-14-16/h3-6,9,12H,7-8H2,1-2H3. The van der Waals surface area contributed by atoms with E-state index in [4.69, 9.17) is 0 Å². The predicted octanol–water partition coefficient (Wildman–Crippen LogP) is 1.90. The van der Waals surface area contributed by atoms with Gasteiger partial charge in [0.15, 0.2) is 0 Å². The fourth-order valence-corrected chi connectivity index (χ4v) is 2.17. The Hall–Kier alpha value is -1.42. The van der Waals surface area contributed by atoms with Gasteiger partial charge in [-0.1, -0.05) is 31.2 Å². The van der Waals surface area contributed by atoms with Crippen LogP contribution in [0.5, 0.6) is 0 Å². The molecule has 4 nitrogen and oxygen atoms in total. The molecule has 2 aromatic rings. The molecule has 2 atom stereocenters. The molecule has 3 rings (SSSR count). The molecular weight excluding hydrogens is 200 g/mol. The van der Waals surface area contributed by atoms with Crippen molar-refractivity contribution in [2.45, 2.75) is 20.0 Å². The lowest BCUT2D eigenvalue weighted by atomic mass is 10.2. The molecule has 1 saturated heterocycles. The average Bonchev–Trinajstić information content (AvgIpc) is 2.88. The summed E-state index contributed by atoms with van der Waals surface area (Å²) in [5, 5.41) is 8.42. The van der Waals surface area contributed by atoms with Gasteiger partial charge < -0.3 is 0 Å². The molecule has 4 heteroatoms. The molecule has 1 aliphatic rings. The minimum absolute atomic E-state index is 0.426. The molecule has 2 heterocycles. The first-order valence-electron chi connectivity index (χ1n) is 5.79. The van der Waals surface area contributed by atoms with Crippen molar-refractivity contribution in [3.8, 4) is 0 Å². The number of fused-ring (bicyclic) bond motifs is 1. The van der Waals surface area contributed by atoms with Crippen molar-refractivity contribution in [2.75, 3.05) is 13.1 Å². The van der Waals surface area contributed by atoms with E-state index in [2.05, 4.69) is 35.1 Å². The fraction of sp³-hybridized carbons (Fsp3) is 0.500. The van der Waals surface area contributed by atoms with E-state index in [0.717, 1.165) is 24.1 Å². The SMILES string of the molecule is CC(C)CN1CC1n1nnc2ccccc21. The number of benzene rings is 1. The zero-order valence-electron chi connectivity index (χ0n) is 9.67. The Kier molecular flexibility index (Phi) is 2.17.